The van der Waals surface area contributed by atoms with E-state index in [9.17, 15) is 0 Å². The predicted octanol–water partition coefficient (Wildman–Crippen LogP) is 4.42. The number of aromatic nitrogens is 4. The van der Waals surface area contributed by atoms with E-state index in [1.165, 1.54) is 5.39 Å². The third-order valence-electron chi connectivity index (χ3n) is 4.49. The van der Waals surface area contributed by atoms with Crippen molar-refractivity contribution in [2.24, 2.45) is 0 Å². The van der Waals surface area contributed by atoms with Crippen LogP contribution >= 0.6 is 0 Å². The number of fused-ring (bicyclic) bond motifs is 2. The quantitative estimate of drug-likeness (QED) is 0.467. The molecule has 0 fully saturated rings. The van der Waals surface area contributed by atoms with Crippen molar-refractivity contribution in [1.82, 2.24) is 19.9 Å². The summed E-state index contributed by atoms with van der Waals surface area (Å²) in [6.07, 6.45) is 5.56. The molecule has 0 aliphatic heterocycles. The molecule has 5 nitrogen and oxygen atoms in total. The number of pyridine rings is 1. The van der Waals surface area contributed by atoms with E-state index in [2.05, 4.69) is 44.2 Å². The van der Waals surface area contributed by atoms with Crippen molar-refractivity contribution in [3.8, 4) is 22.4 Å². The van der Waals surface area contributed by atoms with E-state index in [-0.39, 0.29) is 0 Å². The van der Waals surface area contributed by atoms with Gasteiger partial charge < -0.3 is 10.7 Å². The summed E-state index contributed by atoms with van der Waals surface area (Å²) >= 11 is 0. The number of aromatic amines is 1. The zero-order valence-corrected chi connectivity index (χ0v) is 13.8. The van der Waals surface area contributed by atoms with Crippen LogP contribution in [0.3, 0.4) is 0 Å². The zero-order chi connectivity index (χ0) is 17.5. The Morgan fingerprint density at radius 3 is 2.50 bits per heavy atom. The molecule has 3 heterocycles. The molecule has 124 valence electrons. The van der Waals surface area contributed by atoms with Gasteiger partial charge in [-0.05, 0) is 47.3 Å². The smallest absolute Gasteiger partial charge is 0.178 e. The Morgan fingerprint density at radius 1 is 0.769 bits per heavy atom. The number of rotatable bonds is 2. The second-order valence-corrected chi connectivity index (χ2v) is 6.22. The lowest BCUT2D eigenvalue weighted by atomic mass is 10.1. The number of hydrogen-bond donors (Lipinski definition) is 2. The van der Waals surface area contributed by atoms with Crippen molar-refractivity contribution in [1.29, 1.82) is 0 Å². The van der Waals surface area contributed by atoms with Crippen LogP contribution in [0.15, 0.2) is 73.2 Å². The molecule has 5 heteroatoms. The Hall–Kier alpha value is -3.73. The van der Waals surface area contributed by atoms with Crippen molar-refractivity contribution in [2.45, 2.75) is 0 Å². The first kappa shape index (κ1) is 14.6. The summed E-state index contributed by atoms with van der Waals surface area (Å²) in [5.41, 5.74) is 12.9. The number of nitrogens with two attached hydrogens (primary N) is 1. The number of nitrogens with zero attached hydrogens (tertiary/aromatic N) is 3. The topological polar surface area (TPSA) is 80.5 Å². The Kier molecular flexibility index (Phi) is 3.18. The third-order valence-corrected chi connectivity index (χ3v) is 4.49. The van der Waals surface area contributed by atoms with Crippen molar-refractivity contribution in [2.75, 3.05) is 5.73 Å². The number of nitrogen functional groups attached to an aromatic ring is 1. The van der Waals surface area contributed by atoms with Crippen LogP contribution < -0.4 is 5.73 Å². The summed E-state index contributed by atoms with van der Waals surface area (Å²) in [5.74, 6) is 0. The van der Waals surface area contributed by atoms with Gasteiger partial charge in [0.15, 0.2) is 5.65 Å². The number of hydrogen-bond acceptors (Lipinski definition) is 4. The lowest BCUT2D eigenvalue weighted by molar-refractivity contribution is 1.23. The fraction of sp³-hybridized carbons (Fsp3) is 0. The molecule has 0 saturated heterocycles. The molecule has 3 aromatic heterocycles. The van der Waals surface area contributed by atoms with Gasteiger partial charge in [-0.25, -0.2) is 9.97 Å². The van der Waals surface area contributed by atoms with Crippen LogP contribution in [0.1, 0.15) is 0 Å². The second-order valence-electron chi connectivity index (χ2n) is 6.22. The van der Waals surface area contributed by atoms with Crippen LogP contribution in [0.25, 0.3) is 44.5 Å². The van der Waals surface area contributed by atoms with Crippen molar-refractivity contribution >= 4 is 27.8 Å². The van der Waals surface area contributed by atoms with Gasteiger partial charge in [0.25, 0.3) is 0 Å². The first-order valence-corrected chi connectivity index (χ1v) is 8.32. The fourth-order valence-corrected chi connectivity index (χ4v) is 3.08. The van der Waals surface area contributed by atoms with Gasteiger partial charge in [0.2, 0.25) is 0 Å². The SMILES string of the molecule is Nc1ccc(-c2cnc3cc(-c4ccc5[nH]ccc5c4)cnc3n2)cc1. The Balaban J connectivity index is 1.57. The summed E-state index contributed by atoms with van der Waals surface area (Å²) in [6, 6.07) is 18.0. The van der Waals surface area contributed by atoms with E-state index in [0.29, 0.717) is 5.65 Å². The molecule has 0 bridgehead atoms. The Morgan fingerprint density at radius 2 is 1.62 bits per heavy atom. The minimum absolute atomic E-state index is 0.630. The van der Waals surface area contributed by atoms with Gasteiger partial charge in [0.1, 0.15) is 5.52 Å². The molecule has 0 atom stereocenters. The normalized spacial score (nSPS) is 11.2. The average molecular weight is 337 g/mol. The lowest BCUT2D eigenvalue weighted by Crippen LogP contribution is -1.92. The molecule has 0 radical (unpaired) electrons. The van der Waals surface area contributed by atoms with Crippen LogP contribution in [0.2, 0.25) is 0 Å². The van der Waals surface area contributed by atoms with E-state index in [4.69, 9.17) is 5.73 Å². The first-order chi connectivity index (χ1) is 12.8. The Labute approximate surface area is 149 Å². The van der Waals surface area contributed by atoms with Gasteiger partial charge in [0, 0.05) is 34.7 Å². The van der Waals surface area contributed by atoms with E-state index < -0.39 is 0 Å². The molecule has 5 rings (SSSR count). The van der Waals surface area contributed by atoms with Crippen LogP contribution in [-0.2, 0) is 0 Å². The largest absolute Gasteiger partial charge is 0.399 e. The van der Waals surface area contributed by atoms with E-state index in [1.54, 1.807) is 6.20 Å². The summed E-state index contributed by atoms with van der Waals surface area (Å²) in [6.45, 7) is 0. The summed E-state index contributed by atoms with van der Waals surface area (Å²) < 4.78 is 0. The molecule has 0 unspecified atom stereocenters. The molecule has 5 aromatic rings. The van der Waals surface area contributed by atoms with Gasteiger partial charge >= 0.3 is 0 Å². The molecule has 0 amide bonds. The van der Waals surface area contributed by atoms with Gasteiger partial charge in [-0.15, -0.1) is 0 Å². The number of H-pyrrole nitrogens is 1. The fourth-order valence-electron chi connectivity index (χ4n) is 3.08. The highest BCUT2D eigenvalue weighted by Crippen LogP contribution is 2.26. The van der Waals surface area contributed by atoms with Crippen LogP contribution in [0.5, 0.6) is 0 Å². The number of anilines is 1. The van der Waals surface area contributed by atoms with Crippen LogP contribution in [0.4, 0.5) is 5.69 Å². The molecule has 0 spiro atoms. The highest BCUT2D eigenvalue weighted by molar-refractivity contribution is 5.86. The van der Waals surface area contributed by atoms with Crippen molar-refractivity contribution in [3.63, 3.8) is 0 Å². The molecule has 3 N–H and O–H groups in total. The maximum atomic E-state index is 5.74. The van der Waals surface area contributed by atoms with Crippen LogP contribution in [0, 0.1) is 0 Å². The predicted molar refractivity (Wildman–Crippen MR) is 104 cm³/mol. The highest BCUT2D eigenvalue weighted by Gasteiger charge is 2.07. The zero-order valence-electron chi connectivity index (χ0n) is 13.8. The van der Waals surface area contributed by atoms with Crippen molar-refractivity contribution in [3.05, 3.63) is 73.2 Å². The molecule has 26 heavy (non-hydrogen) atoms. The van der Waals surface area contributed by atoms with E-state index in [0.717, 1.165) is 39.1 Å². The Bertz CT molecular complexity index is 1240. The molecular weight excluding hydrogens is 322 g/mol. The van der Waals surface area contributed by atoms with Crippen LogP contribution in [-0.4, -0.2) is 19.9 Å². The molecule has 0 saturated carbocycles. The third kappa shape index (κ3) is 2.46. The van der Waals surface area contributed by atoms with Gasteiger partial charge in [-0.3, -0.25) is 4.98 Å². The number of nitrogens with one attached hydrogen (secondary N) is 1. The maximum Gasteiger partial charge on any atom is 0.178 e. The molecule has 0 aliphatic rings. The van der Waals surface area contributed by atoms with Crippen molar-refractivity contribution < 1.29 is 0 Å². The lowest BCUT2D eigenvalue weighted by Gasteiger charge is -2.05. The minimum atomic E-state index is 0.630. The van der Waals surface area contributed by atoms with E-state index in [1.807, 2.05) is 42.7 Å². The van der Waals surface area contributed by atoms with Gasteiger partial charge in [-0.1, -0.05) is 18.2 Å². The van der Waals surface area contributed by atoms with Gasteiger partial charge in [-0.2, -0.15) is 0 Å². The average Bonchev–Trinajstić information content (AvgIpc) is 3.15. The minimum Gasteiger partial charge on any atom is -0.399 e. The summed E-state index contributed by atoms with van der Waals surface area (Å²) in [5, 5.41) is 1.17. The van der Waals surface area contributed by atoms with E-state index >= 15 is 0 Å². The maximum absolute atomic E-state index is 5.74. The molecule has 0 aliphatic carbocycles. The standard InChI is InChI=1S/C21H15N5/c22-17-4-1-13(2-5-17)20-12-24-19-10-16(11-25-21(19)26-20)14-3-6-18-15(9-14)7-8-23-18/h1-12,23H,22H2. The summed E-state index contributed by atoms with van der Waals surface area (Å²) in [4.78, 5) is 16.9. The monoisotopic (exact) mass is 337 g/mol. The number of benzene rings is 2. The molecule has 2 aromatic carbocycles. The first-order valence-electron chi connectivity index (χ1n) is 8.32. The molecular formula is C21H15N5. The summed E-state index contributed by atoms with van der Waals surface area (Å²) in [7, 11) is 0. The van der Waals surface area contributed by atoms with Gasteiger partial charge in [0.05, 0.1) is 11.9 Å². The highest BCUT2D eigenvalue weighted by atomic mass is 14.9. The second kappa shape index (κ2) is 5.67.